The second-order valence-electron chi connectivity index (χ2n) is 8.09. The van der Waals surface area contributed by atoms with E-state index in [1.165, 1.54) is 0 Å². The van der Waals surface area contributed by atoms with Gasteiger partial charge in [0.2, 0.25) is 0 Å². The zero-order chi connectivity index (χ0) is 21.9. The molecule has 9 heteroatoms. The van der Waals surface area contributed by atoms with Gasteiger partial charge in [-0.3, -0.25) is 19.3 Å². The summed E-state index contributed by atoms with van der Waals surface area (Å²) >= 11 is 0. The van der Waals surface area contributed by atoms with Crippen LogP contribution in [0, 0.1) is 5.92 Å². The van der Waals surface area contributed by atoms with E-state index in [1.54, 1.807) is 12.1 Å². The van der Waals surface area contributed by atoms with E-state index in [1.807, 2.05) is 38.1 Å². The number of rotatable bonds is 6. The van der Waals surface area contributed by atoms with Crippen molar-refractivity contribution in [3.8, 4) is 0 Å². The highest BCUT2D eigenvalue weighted by molar-refractivity contribution is 6.09. The molecule has 0 aromatic heterocycles. The smallest absolute Gasteiger partial charge is 0.326 e. The summed E-state index contributed by atoms with van der Waals surface area (Å²) in [5.74, 6) is -1.69. The molecule has 1 saturated carbocycles. The van der Waals surface area contributed by atoms with Crippen LogP contribution in [0.2, 0.25) is 0 Å². The lowest BCUT2D eigenvalue weighted by atomic mass is 9.73. The Bertz CT molecular complexity index is 838. The van der Waals surface area contributed by atoms with E-state index in [0.717, 1.165) is 29.8 Å². The van der Waals surface area contributed by atoms with E-state index >= 15 is 0 Å². The van der Waals surface area contributed by atoms with Crippen molar-refractivity contribution in [2.75, 3.05) is 37.5 Å². The number of nitrogens with one attached hydrogen (secondary N) is 2. The van der Waals surface area contributed by atoms with Gasteiger partial charge in [0.05, 0.1) is 0 Å². The second-order valence-corrected chi connectivity index (χ2v) is 8.09. The summed E-state index contributed by atoms with van der Waals surface area (Å²) in [4.78, 5) is 52.1. The number of carbonyl (C=O) groups excluding carboxylic acids is 4. The van der Waals surface area contributed by atoms with E-state index in [0.29, 0.717) is 12.1 Å². The maximum absolute atomic E-state index is 12.8. The molecule has 30 heavy (non-hydrogen) atoms. The Balaban J connectivity index is 1.50. The standard InChI is InChI=1S/C21H28N4O5/c1-14-6-4-5-11-21(14)19(28)25(20(29)23-21)12-18(27)30-13-17(26)22-15-7-9-16(10-8-15)24(2)3/h7-10,14H,4-6,11-13H2,1-3H3,(H,22,26)(H,23,29)/t14-,21+/m1/s1. The van der Waals surface area contributed by atoms with Crippen LogP contribution < -0.4 is 15.5 Å². The third-order valence-corrected chi connectivity index (χ3v) is 5.82. The first-order valence-corrected chi connectivity index (χ1v) is 10.1. The fraction of sp³-hybridized carbons (Fsp3) is 0.524. The van der Waals surface area contributed by atoms with Crippen LogP contribution in [0.4, 0.5) is 16.2 Å². The minimum Gasteiger partial charge on any atom is -0.454 e. The molecule has 2 N–H and O–H groups in total. The molecule has 4 amide bonds. The third-order valence-electron chi connectivity index (χ3n) is 5.82. The summed E-state index contributed by atoms with van der Waals surface area (Å²) in [7, 11) is 3.82. The predicted molar refractivity (Wildman–Crippen MR) is 111 cm³/mol. The second kappa shape index (κ2) is 8.73. The molecule has 3 rings (SSSR count). The van der Waals surface area contributed by atoms with Gasteiger partial charge in [-0.2, -0.15) is 0 Å². The highest BCUT2D eigenvalue weighted by atomic mass is 16.5. The first kappa shape index (κ1) is 21.6. The normalized spacial score (nSPS) is 23.3. The van der Waals surface area contributed by atoms with Crippen LogP contribution in [0.5, 0.6) is 0 Å². The van der Waals surface area contributed by atoms with Gasteiger partial charge in [0.25, 0.3) is 11.8 Å². The summed E-state index contributed by atoms with van der Waals surface area (Å²) in [5.41, 5.74) is 0.633. The van der Waals surface area contributed by atoms with Gasteiger partial charge < -0.3 is 20.3 Å². The maximum atomic E-state index is 12.8. The molecule has 9 nitrogen and oxygen atoms in total. The fourth-order valence-corrected chi connectivity index (χ4v) is 4.00. The van der Waals surface area contributed by atoms with Crippen LogP contribution >= 0.6 is 0 Å². The van der Waals surface area contributed by atoms with Gasteiger partial charge in [0, 0.05) is 25.5 Å². The van der Waals surface area contributed by atoms with Gasteiger partial charge in [-0.25, -0.2) is 4.79 Å². The van der Waals surface area contributed by atoms with Crippen LogP contribution in [-0.2, 0) is 19.1 Å². The fourth-order valence-electron chi connectivity index (χ4n) is 4.00. The lowest BCUT2D eigenvalue weighted by molar-refractivity contribution is -0.150. The quantitative estimate of drug-likeness (QED) is 0.540. The number of ether oxygens (including phenoxy) is 1. The zero-order valence-corrected chi connectivity index (χ0v) is 17.6. The van der Waals surface area contributed by atoms with Gasteiger partial charge >= 0.3 is 12.0 Å². The van der Waals surface area contributed by atoms with Crippen LogP contribution in [0.15, 0.2) is 24.3 Å². The van der Waals surface area contributed by atoms with Crippen molar-refractivity contribution in [1.29, 1.82) is 0 Å². The van der Waals surface area contributed by atoms with Gasteiger partial charge in [0.1, 0.15) is 12.1 Å². The van der Waals surface area contributed by atoms with E-state index in [4.69, 9.17) is 4.74 Å². The van der Waals surface area contributed by atoms with Crippen molar-refractivity contribution < 1.29 is 23.9 Å². The summed E-state index contributed by atoms with van der Waals surface area (Å²) in [6.45, 7) is 0.929. The third kappa shape index (κ3) is 4.39. The van der Waals surface area contributed by atoms with Gasteiger partial charge in [0.15, 0.2) is 6.61 Å². The number of anilines is 2. The molecule has 0 unspecified atom stereocenters. The molecule has 1 heterocycles. The Kier molecular flexibility index (Phi) is 6.28. The number of amides is 4. The molecule has 2 fully saturated rings. The number of esters is 1. The average molecular weight is 416 g/mol. The number of imide groups is 1. The Hall–Kier alpha value is -3.10. The van der Waals surface area contributed by atoms with Crippen molar-refractivity contribution in [3.05, 3.63) is 24.3 Å². The molecule has 1 aliphatic heterocycles. The first-order valence-electron chi connectivity index (χ1n) is 10.1. The molecule has 1 aromatic carbocycles. The van der Waals surface area contributed by atoms with Crippen LogP contribution in [-0.4, -0.2) is 61.5 Å². The van der Waals surface area contributed by atoms with Crippen molar-refractivity contribution in [2.45, 2.75) is 38.1 Å². The molecular weight excluding hydrogens is 388 g/mol. The van der Waals surface area contributed by atoms with Crippen LogP contribution in [0.1, 0.15) is 32.6 Å². The largest absolute Gasteiger partial charge is 0.454 e. The highest BCUT2D eigenvalue weighted by Crippen LogP contribution is 2.38. The van der Waals surface area contributed by atoms with Crippen molar-refractivity contribution in [3.63, 3.8) is 0 Å². The van der Waals surface area contributed by atoms with Crippen molar-refractivity contribution >= 4 is 35.2 Å². The minimum atomic E-state index is -0.925. The molecule has 0 bridgehead atoms. The van der Waals surface area contributed by atoms with Gasteiger partial charge in [-0.1, -0.05) is 19.8 Å². The Morgan fingerprint density at radius 1 is 1.23 bits per heavy atom. The summed E-state index contributed by atoms with van der Waals surface area (Å²) in [6, 6.07) is 6.60. The number of hydrogen-bond acceptors (Lipinski definition) is 6. The summed E-state index contributed by atoms with van der Waals surface area (Å²) in [6.07, 6.45) is 3.28. The van der Waals surface area contributed by atoms with Crippen LogP contribution in [0.3, 0.4) is 0 Å². The lowest BCUT2D eigenvalue weighted by Gasteiger charge is -2.36. The van der Waals surface area contributed by atoms with Gasteiger partial charge in [-0.15, -0.1) is 0 Å². The number of hydrogen-bond donors (Lipinski definition) is 2. The van der Waals surface area contributed by atoms with Crippen molar-refractivity contribution in [1.82, 2.24) is 10.2 Å². The monoisotopic (exact) mass is 416 g/mol. The van der Waals surface area contributed by atoms with E-state index < -0.39 is 36.6 Å². The number of urea groups is 1. The number of carbonyl (C=O) groups is 4. The zero-order valence-electron chi connectivity index (χ0n) is 17.6. The van der Waals surface area contributed by atoms with E-state index in [9.17, 15) is 19.2 Å². The summed E-state index contributed by atoms with van der Waals surface area (Å²) in [5, 5.41) is 5.41. The predicted octanol–water partition coefficient (Wildman–Crippen LogP) is 1.73. The molecule has 1 aliphatic carbocycles. The Morgan fingerprint density at radius 3 is 2.57 bits per heavy atom. The molecule has 0 radical (unpaired) electrons. The molecular formula is C21H28N4O5. The Morgan fingerprint density at radius 2 is 1.93 bits per heavy atom. The SMILES string of the molecule is C[C@@H]1CCCC[C@]12NC(=O)N(CC(=O)OCC(=O)Nc1ccc(N(C)C)cc1)C2=O. The van der Waals surface area contributed by atoms with Gasteiger partial charge in [-0.05, 0) is 43.0 Å². The number of nitrogens with zero attached hydrogens (tertiary/aromatic N) is 2. The maximum Gasteiger partial charge on any atom is 0.326 e. The molecule has 2 atom stereocenters. The highest BCUT2D eigenvalue weighted by Gasteiger charge is 2.55. The molecule has 2 aliphatic rings. The average Bonchev–Trinajstić information content (AvgIpc) is 2.94. The molecule has 1 aromatic rings. The topological polar surface area (TPSA) is 108 Å². The first-order chi connectivity index (χ1) is 14.2. The number of benzene rings is 1. The Labute approximate surface area is 175 Å². The molecule has 1 spiro atoms. The molecule has 1 saturated heterocycles. The van der Waals surface area contributed by atoms with Crippen LogP contribution in [0.25, 0.3) is 0 Å². The summed E-state index contributed by atoms with van der Waals surface area (Å²) < 4.78 is 4.97. The lowest BCUT2D eigenvalue weighted by Crippen LogP contribution is -2.54. The molecule has 162 valence electrons. The van der Waals surface area contributed by atoms with E-state index in [-0.39, 0.29) is 11.8 Å². The van der Waals surface area contributed by atoms with E-state index in [2.05, 4.69) is 10.6 Å². The minimum absolute atomic E-state index is 0.00776. The van der Waals surface area contributed by atoms with Crippen molar-refractivity contribution in [2.24, 2.45) is 5.92 Å².